The molecule has 0 radical (unpaired) electrons. The first-order valence-electron chi connectivity index (χ1n) is 14.0. The molecule has 0 bridgehead atoms. The molecule has 4 rings (SSSR count). The maximum atomic E-state index is 13.8. The first-order chi connectivity index (χ1) is 20.5. The first-order valence-corrected chi connectivity index (χ1v) is 14.0. The maximum absolute atomic E-state index is 13.8. The number of ether oxygens (including phenoxy) is 1. The summed E-state index contributed by atoms with van der Waals surface area (Å²) < 4.78 is 48.2. The summed E-state index contributed by atoms with van der Waals surface area (Å²) in [6, 6.07) is 26.2. The van der Waals surface area contributed by atoms with Gasteiger partial charge in [0.25, 0.3) is 0 Å². The molecule has 0 amide bonds. The lowest BCUT2D eigenvalue weighted by molar-refractivity contribution is -0.147. The molecule has 0 aliphatic heterocycles. The van der Waals surface area contributed by atoms with E-state index in [0.29, 0.717) is 22.6 Å². The third-order valence-electron chi connectivity index (χ3n) is 6.94. The van der Waals surface area contributed by atoms with Gasteiger partial charge in [-0.25, -0.2) is 4.68 Å². The van der Waals surface area contributed by atoms with Crippen molar-refractivity contribution in [1.29, 1.82) is 0 Å². The fourth-order valence-electron chi connectivity index (χ4n) is 4.64. The molecule has 0 aliphatic carbocycles. The Labute approximate surface area is 249 Å². The van der Waals surface area contributed by atoms with E-state index < -0.39 is 23.7 Å². The van der Waals surface area contributed by atoms with Crippen LogP contribution < -0.4 is 4.74 Å². The largest absolute Gasteiger partial charge is 0.488 e. The van der Waals surface area contributed by atoms with Crippen LogP contribution in [0.1, 0.15) is 53.6 Å². The van der Waals surface area contributed by atoms with Crippen LogP contribution in [-0.4, -0.2) is 20.0 Å². The second-order valence-corrected chi connectivity index (χ2v) is 10.4. The lowest BCUT2D eigenvalue weighted by atomic mass is 10.0. The molecule has 4 aromatic rings. The average Bonchev–Trinajstić information content (AvgIpc) is 3.44. The summed E-state index contributed by atoms with van der Waals surface area (Å²) in [5.41, 5.74) is 3.23. The number of alkyl halides is 3. The smallest absolute Gasteiger partial charge is 0.433 e. The molecule has 0 aliphatic rings. The van der Waals surface area contributed by atoms with Crippen LogP contribution in [0.5, 0.6) is 5.75 Å². The van der Waals surface area contributed by atoms with E-state index in [1.54, 1.807) is 26.0 Å². The molecule has 0 saturated carbocycles. The van der Waals surface area contributed by atoms with Crippen LogP contribution in [0.25, 0.3) is 11.3 Å². The van der Waals surface area contributed by atoms with E-state index in [4.69, 9.17) is 4.74 Å². The standard InChI is InChI=1S/C35H35F3N2O3/c1-24(2)31(40-33(35(36,37)38)30(22-39-40)34(41)42)14-9-10-25(3)29-13-7-8-15-32(29)43-23-28-20-18-27(19-21-28)17-16-26-11-5-4-6-12-26/h4-15,18-22,24,34,41-42H,3,16-17,23H2,1-2H3/b10-9-,31-14+. The number of para-hydroxylation sites is 1. The number of aliphatic hydroxyl groups excluding tert-OH is 1. The number of aromatic nitrogens is 2. The van der Waals surface area contributed by atoms with E-state index in [-0.39, 0.29) is 11.6 Å². The van der Waals surface area contributed by atoms with Crippen molar-refractivity contribution in [3.05, 3.63) is 143 Å². The molecule has 0 spiro atoms. The predicted molar refractivity (Wildman–Crippen MR) is 163 cm³/mol. The van der Waals surface area contributed by atoms with Crippen molar-refractivity contribution in [2.75, 3.05) is 0 Å². The van der Waals surface area contributed by atoms with Crippen molar-refractivity contribution in [2.45, 2.75) is 45.8 Å². The molecule has 1 heterocycles. The minimum atomic E-state index is -4.84. The minimum absolute atomic E-state index is 0.222. The normalized spacial score (nSPS) is 12.4. The number of aliphatic hydroxyl groups is 2. The lowest BCUT2D eigenvalue weighted by Gasteiger charge is -2.17. The molecule has 8 heteroatoms. The van der Waals surface area contributed by atoms with Crippen LogP contribution in [0.4, 0.5) is 13.2 Å². The van der Waals surface area contributed by atoms with Crippen LogP contribution in [0.3, 0.4) is 0 Å². The lowest BCUT2D eigenvalue weighted by Crippen LogP contribution is -2.19. The number of hydrogen-bond acceptors (Lipinski definition) is 4. The zero-order valence-corrected chi connectivity index (χ0v) is 24.1. The predicted octanol–water partition coefficient (Wildman–Crippen LogP) is 8.02. The van der Waals surface area contributed by atoms with Crippen LogP contribution in [-0.2, 0) is 25.6 Å². The summed E-state index contributed by atoms with van der Waals surface area (Å²) in [6.07, 6.45) is 0.400. The van der Waals surface area contributed by atoms with Crippen molar-refractivity contribution in [3.63, 3.8) is 0 Å². The summed E-state index contributed by atoms with van der Waals surface area (Å²) in [5, 5.41) is 22.7. The van der Waals surface area contributed by atoms with Gasteiger partial charge >= 0.3 is 6.18 Å². The van der Waals surface area contributed by atoms with Gasteiger partial charge in [-0.05, 0) is 53.2 Å². The first kappa shape index (κ1) is 31.5. The molecule has 5 nitrogen and oxygen atoms in total. The van der Waals surface area contributed by atoms with Gasteiger partial charge < -0.3 is 14.9 Å². The van der Waals surface area contributed by atoms with E-state index >= 15 is 0 Å². The Morgan fingerprint density at radius 2 is 1.51 bits per heavy atom. The molecule has 0 unspecified atom stereocenters. The third kappa shape index (κ3) is 8.34. The zero-order chi connectivity index (χ0) is 31.0. The fraction of sp³-hybridized carbons (Fsp3) is 0.229. The Balaban J connectivity index is 1.45. The monoisotopic (exact) mass is 588 g/mol. The van der Waals surface area contributed by atoms with Crippen molar-refractivity contribution < 1.29 is 28.1 Å². The number of benzene rings is 3. The summed E-state index contributed by atoms with van der Waals surface area (Å²) in [5.74, 6) is 0.273. The van der Waals surface area contributed by atoms with Gasteiger partial charge in [0.1, 0.15) is 12.4 Å². The van der Waals surface area contributed by atoms with Crippen LogP contribution in [0, 0.1) is 5.92 Å². The molecule has 3 aromatic carbocycles. The Morgan fingerprint density at radius 3 is 2.14 bits per heavy atom. The molecular weight excluding hydrogens is 553 g/mol. The Bertz CT molecular complexity index is 1570. The van der Waals surface area contributed by atoms with Crippen molar-refractivity contribution in [1.82, 2.24) is 9.78 Å². The molecule has 0 saturated heterocycles. The zero-order valence-electron chi connectivity index (χ0n) is 24.1. The van der Waals surface area contributed by atoms with Crippen LogP contribution >= 0.6 is 0 Å². The van der Waals surface area contributed by atoms with Crippen molar-refractivity contribution in [2.24, 2.45) is 5.92 Å². The van der Waals surface area contributed by atoms with Gasteiger partial charge in [-0.15, -0.1) is 0 Å². The number of aryl methyl sites for hydroxylation is 2. The highest BCUT2D eigenvalue weighted by Crippen LogP contribution is 2.37. The van der Waals surface area contributed by atoms with E-state index in [2.05, 4.69) is 48.1 Å². The van der Waals surface area contributed by atoms with Gasteiger partial charge in [0.15, 0.2) is 12.0 Å². The topological polar surface area (TPSA) is 67.5 Å². The molecular formula is C35H35F3N2O3. The summed E-state index contributed by atoms with van der Waals surface area (Å²) in [4.78, 5) is 0. The van der Waals surface area contributed by atoms with Crippen molar-refractivity contribution in [3.8, 4) is 5.75 Å². The molecule has 224 valence electrons. The minimum Gasteiger partial charge on any atom is -0.488 e. The Hall–Kier alpha value is -4.40. The maximum Gasteiger partial charge on any atom is 0.433 e. The summed E-state index contributed by atoms with van der Waals surface area (Å²) in [7, 11) is 0. The van der Waals surface area contributed by atoms with E-state index in [9.17, 15) is 23.4 Å². The second kappa shape index (κ2) is 14.2. The summed E-state index contributed by atoms with van der Waals surface area (Å²) in [6.45, 7) is 7.95. The van der Waals surface area contributed by atoms with Gasteiger partial charge in [-0.3, -0.25) is 0 Å². The summed E-state index contributed by atoms with van der Waals surface area (Å²) >= 11 is 0. The van der Waals surface area contributed by atoms with Gasteiger partial charge in [-0.1, -0.05) is 105 Å². The fourth-order valence-corrected chi connectivity index (χ4v) is 4.64. The van der Waals surface area contributed by atoms with Crippen LogP contribution in [0.2, 0.25) is 0 Å². The highest BCUT2D eigenvalue weighted by Gasteiger charge is 2.40. The molecule has 1 aromatic heterocycles. The number of halogens is 3. The van der Waals surface area contributed by atoms with E-state index in [1.807, 2.05) is 42.5 Å². The number of nitrogens with zero attached hydrogens (tertiary/aromatic N) is 2. The van der Waals surface area contributed by atoms with Crippen LogP contribution in [0.15, 0.2) is 110 Å². The highest BCUT2D eigenvalue weighted by molar-refractivity contribution is 5.76. The SMILES string of the molecule is C=C(/C=C\C=C(/C(C)C)n1ncc(C(O)O)c1C(F)(F)F)c1ccccc1OCc1ccc(CCc2ccccc2)cc1. The van der Waals surface area contributed by atoms with Gasteiger partial charge in [0.2, 0.25) is 0 Å². The molecule has 0 fully saturated rings. The van der Waals surface area contributed by atoms with Gasteiger partial charge in [0, 0.05) is 11.3 Å². The Kier molecular flexibility index (Phi) is 10.4. The second-order valence-electron chi connectivity index (χ2n) is 10.4. The molecule has 0 atom stereocenters. The number of allylic oxidation sites excluding steroid dienone is 5. The Morgan fingerprint density at radius 1 is 0.907 bits per heavy atom. The highest BCUT2D eigenvalue weighted by atomic mass is 19.4. The van der Waals surface area contributed by atoms with Crippen molar-refractivity contribution >= 4 is 11.3 Å². The quantitative estimate of drug-likeness (QED) is 0.130. The van der Waals surface area contributed by atoms with E-state index in [1.165, 1.54) is 17.2 Å². The van der Waals surface area contributed by atoms with Gasteiger partial charge in [-0.2, -0.15) is 18.3 Å². The van der Waals surface area contributed by atoms with E-state index in [0.717, 1.165) is 30.2 Å². The molecule has 43 heavy (non-hydrogen) atoms. The average molecular weight is 589 g/mol. The third-order valence-corrected chi connectivity index (χ3v) is 6.94. The number of rotatable bonds is 12. The number of hydrogen-bond donors (Lipinski definition) is 2. The molecule has 2 N–H and O–H groups in total. The van der Waals surface area contributed by atoms with Gasteiger partial charge in [0.05, 0.1) is 11.8 Å².